The summed E-state index contributed by atoms with van der Waals surface area (Å²) in [7, 11) is -2.24. The van der Waals surface area contributed by atoms with Crippen LogP contribution in [0.5, 0.6) is 0 Å². The molecule has 4 rings (SSSR count). The largest absolute Gasteiger partial charge is 0.321 e. The van der Waals surface area contributed by atoms with Crippen LogP contribution in [0.1, 0.15) is 11.1 Å². The molecule has 26 heavy (non-hydrogen) atoms. The molecule has 2 aromatic carbocycles. The van der Waals surface area contributed by atoms with Gasteiger partial charge in [0.25, 0.3) is 5.91 Å². The smallest absolute Gasteiger partial charge is 0.256 e. The SMILES string of the molecule is CNS(=O)(=O)c1ccc2c(c1)C(=Cc1cnc3ccccc3c1)C(=O)N2. The van der Waals surface area contributed by atoms with Crippen LogP contribution in [0.25, 0.3) is 22.6 Å². The maximum Gasteiger partial charge on any atom is 0.256 e. The number of fused-ring (bicyclic) bond motifs is 2. The monoisotopic (exact) mass is 365 g/mol. The second-order valence-corrected chi connectivity index (χ2v) is 7.77. The molecular formula is C19H15N3O3S. The number of carbonyl (C=O) groups excluding carboxylic acids is 1. The normalized spacial score (nSPS) is 15.3. The molecule has 0 spiro atoms. The van der Waals surface area contributed by atoms with Crippen LogP contribution in [0.15, 0.2) is 59.6 Å². The number of para-hydroxylation sites is 1. The first kappa shape index (κ1) is 16.4. The minimum absolute atomic E-state index is 0.109. The number of carbonyl (C=O) groups is 1. The maximum atomic E-state index is 12.4. The molecule has 1 aliphatic heterocycles. The van der Waals surface area contributed by atoms with E-state index in [4.69, 9.17) is 0 Å². The second-order valence-electron chi connectivity index (χ2n) is 5.89. The summed E-state index contributed by atoms with van der Waals surface area (Å²) < 4.78 is 26.4. The van der Waals surface area contributed by atoms with E-state index in [0.29, 0.717) is 16.8 Å². The molecule has 1 amide bonds. The van der Waals surface area contributed by atoms with Gasteiger partial charge >= 0.3 is 0 Å². The topological polar surface area (TPSA) is 88.2 Å². The van der Waals surface area contributed by atoms with E-state index in [0.717, 1.165) is 16.5 Å². The molecule has 0 fully saturated rings. The van der Waals surface area contributed by atoms with Crippen LogP contribution in [0.3, 0.4) is 0 Å². The van der Waals surface area contributed by atoms with Gasteiger partial charge in [0.15, 0.2) is 0 Å². The minimum atomic E-state index is -3.59. The zero-order chi connectivity index (χ0) is 18.3. The standard InChI is InChI=1S/C19H15N3O3S/c1-20-26(24,25)14-6-7-18-15(10-14)16(19(23)22-18)9-12-8-13-4-2-3-5-17(13)21-11-12/h2-11,20H,1H3,(H,22,23). The fourth-order valence-electron chi connectivity index (χ4n) is 2.93. The number of nitrogens with zero attached hydrogens (tertiary/aromatic N) is 1. The maximum absolute atomic E-state index is 12.4. The third kappa shape index (κ3) is 2.77. The molecule has 0 saturated carbocycles. The van der Waals surface area contributed by atoms with Gasteiger partial charge in [-0.15, -0.1) is 0 Å². The number of pyridine rings is 1. The molecule has 6 nitrogen and oxygen atoms in total. The Morgan fingerprint density at radius 3 is 2.73 bits per heavy atom. The molecule has 3 aromatic rings. The zero-order valence-electron chi connectivity index (χ0n) is 13.9. The minimum Gasteiger partial charge on any atom is -0.321 e. The van der Waals surface area contributed by atoms with Crippen LogP contribution in [-0.4, -0.2) is 26.4 Å². The van der Waals surface area contributed by atoms with Crippen molar-refractivity contribution in [2.24, 2.45) is 0 Å². The van der Waals surface area contributed by atoms with Gasteiger partial charge in [0.2, 0.25) is 10.0 Å². The number of hydrogen-bond donors (Lipinski definition) is 2. The van der Waals surface area contributed by atoms with Crippen molar-refractivity contribution in [2.75, 3.05) is 12.4 Å². The summed E-state index contributed by atoms with van der Waals surface area (Å²) >= 11 is 0. The van der Waals surface area contributed by atoms with Gasteiger partial charge in [-0.05, 0) is 49.0 Å². The number of rotatable bonds is 3. The molecule has 2 N–H and O–H groups in total. The van der Waals surface area contributed by atoms with Gasteiger partial charge in [-0.3, -0.25) is 9.78 Å². The van der Waals surface area contributed by atoms with Crippen LogP contribution >= 0.6 is 0 Å². The van der Waals surface area contributed by atoms with Crippen molar-refractivity contribution in [2.45, 2.75) is 4.90 Å². The number of hydrogen-bond acceptors (Lipinski definition) is 4. The van der Waals surface area contributed by atoms with Crippen LogP contribution in [-0.2, 0) is 14.8 Å². The van der Waals surface area contributed by atoms with Crippen molar-refractivity contribution in [3.8, 4) is 0 Å². The molecule has 130 valence electrons. The zero-order valence-corrected chi connectivity index (χ0v) is 14.7. The summed E-state index contributed by atoms with van der Waals surface area (Å²) in [5.41, 5.74) is 3.19. The average molecular weight is 365 g/mol. The van der Waals surface area contributed by atoms with Gasteiger partial charge in [0.05, 0.1) is 10.4 Å². The Morgan fingerprint density at radius 2 is 1.92 bits per heavy atom. The van der Waals surface area contributed by atoms with Crippen molar-refractivity contribution in [3.63, 3.8) is 0 Å². The molecule has 0 unspecified atom stereocenters. The molecule has 7 heteroatoms. The van der Waals surface area contributed by atoms with Crippen LogP contribution in [0.4, 0.5) is 5.69 Å². The highest BCUT2D eigenvalue weighted by Gasteiger charge is 2.26. The first-order chi connectivity index (χ1) is 12.5. The first-order valence-corrected chi connectivity index (χ1v) is 9.42. The lowest BCUT2D eigenvalue weighted by Gasteiger charge is -2.05. The van der Waals surface area contributed by atoms with Gasteiger partial charge in [0, 0.05) is 28.4 Å². The molecule has 0 radical (unpaired) electrons. The molecule has 0 bridgehead atoms. The number of nitrogens with one attached hydrogen (secondary N) is 2. The molecular weight excluding hydrogens is 350 g/mol. The molecule has 1 aliphatic rings. The predicted molar refractivity (Wildman–Crippen MR) is 101 cm³/mol. The van der Waals surface area contributed by atoms with Crippen molar-refractivity contribution in [3.05, 3.63) is 65.9 Å². The molecule has 0 aliphatic carbocycles. The molecule has 2 heterocycles. The fourth-order valence-corrected chi connectivity index (χ4v) is 3.69. The van der Waals surface area contributed by atoms with Crippen molar-refractivity contribution in [1.82, 2.24) is 9.71 Å². The number of aromatic nitrogens is 1. The van der Waals surface area contributed by atoms with E-state index in [-0.39, 0.29) is 10.8 Å². The van der Waals surface area contributed by atoms with Crippen LogP contribution in [0, 0.1) is 0 Å². The van der Waals surface area contributed by atoms with Gasteiger partial charge < -0.3 is 5.32 Å². The van der Waals surface area contributed by atoms with E-state index in [1.165, 1.54) is 19.2 Å². The van der Waals surface area contributed by atoms with E-state index < -0.39 is 10.0 Å². The number of benzene rings is 2. The Bertz CT molecular complexity index is 1180. The first-order valence-electron chi connectivity index (χ1n) is 7.94. The van der Waals surface area contributed by atoms with Gasteiger partial charge in [-0.2, -0.15) is 0 Å². The van der Waals surface area contributed by atoms with E-state index in [9.17, 15) is 13.2 Å². The Morgan fingerprint density at radius 1 is 1.12 bits per heavy atom. The summed E-state index contributed by atoms with van der Waals surface area (Å²) in [5.74, 6) is -0.271. The summed E-state index contributed by atoms with van der Waals surface area (Å²) in [6, 6.07) is 14.2. The summed E-state index contributed by atoms with van der Waals surface area (Å²) in [6.45, 7) is 0. The molecule has 0 saturated heterocycles. The Balaban J connectivity index is 1.83. The number of sulfonamides is 1. The van der Waals surface area contributed by atoms with Crippen molar-refractivity contribution < 1.29 is 13.2 Å². The lowest BCUT2D eigenvalue weighted by atomic mass is 10.0. The van der Waals surface area contributed by atoms with E-state index in [2.05, 4.69) is 15.0 Å². The van der Waals surface area contributed by atoms with Crippen molar-refractivity contribution in [1.29, 1.82) is 0 Å². The number of amides is 1. The van der Waals surface area contributed by atoms with Gasteiger partial charge in [-0.25, -0.2) is 13.1 Å². The van der Waals surface area contributed by atoms with Gasteiger partial charge in [0.1, 0.15) is 0 Å². The quantitative estimate of drug-likeness (QED) is 0.699. The highest BCUT2D eigenvalue weighted by molar-refractivity contribution is 7.89. The van der Waals surface area contributed by atoms with Crippen LogP contribution in [0.2, 0.25) is 0 Å². The van der Waals surface area contributed by atoms with E-state index in [1.54, 1.807) is 18.3 Å². The fraction of sp³-hybridized carbons (Fsp3) is 0.0526. The van der Waals surface area contributed by atoms with E-state index >= 15 is 0 Å². The third-order valence-electron chi connectivity index (χ3n) is 4.28. The highest BCUT2D eigenvalue weighted by atomic mass is 32.2. The lowest BCUT2D eigenvalue weighted by molar-refractivity contribution is -0.110. The lowest BCUT2D eigenvalue weighted by Crippen LogP contribution is -2.18. The number of anilines is 1. The highest BCUT2D eigenvalue weighted by Crippen LogP contribution is 2.34. The Hall–Kier alpha value is -3.03. The predicted octanol–water partition coefficient (Wildman–Crippen LogP) is 2.64. The third-order valence-corrected chi connectivity index (χ3v) is 5.69. The summed E-state index contributed by atoms with van der Waals surface area (Å²) in [4.78, 5) is 16.9. The molecule has 1 aromatic heterocycles. The van der Waals surface area contributed by atoms with Gasteiger partial charge in [-0.1, -0.05) is 18.2 Å². The van der Waals surface area contributed by atoms with Crippen molar-refractivity contribution >= 4 is 44.2 Å². The average Bonchev–Trinajstić information content (AvgIpc) is 2.96. The summed E-state index contributed by atoms with van der Waals surface area (Å²) in [6.07, 6.45) is 3.41. The Kier molecular flexibility index (Phi) is 3.82. The molecule has 0 atom stereocenters. The Labute approximate surface area is 150 Å². The van der Waals surface area contributed by atoms with Crippen LogP contribution < -0.4 is 10.0 Å². The second kappa shape index (κ2) is 6.05. The summed E-state index contributed by atoms with van der Waals surface area (Å²) in [5, 5.41) is 3.72. The van der Waals surface area contributed by atoms with E-state index in [1.807, 2.05) is 30.3 Å².